The van der Waals surface area contributed by atoms with Crippen LogP contribution in [0.15, 0.2) is 24.3 Å². The third-order valence-electron chi connectivity index (χ3n) is 4.67. The van der Waals surface area contributed by atoms with E-state index in [9.17, 15) is 28.2 Å². The highest BCUT2D eigenvalue weighted by Crippen LogP contribution is 2.35. The number of hydrogen-bond donors (Lipinski definition) is 2. The van der Waals surface area contributed by atoms with Gasteiger partial charge in [0.05, 0.1) is 18.3 Å². The van der Waals surface area contributed by atoms with Gasteiger partial charge in [0.25, 0.3) is 5.91 Å². The Bertz CT molecular complexity index is 591. The number of piperidine rings is 1. The number of rotatable bonds is 4. The molecule has 1 aromatic rings. The van der Waals surface area contributed by atoms with Crippen molar-refractivity contribution in [1.82, 2.24) is 4.90 Å². The lowest BCUT2D eigenvalue weighted by molar-refractivity contribution is -0.137. The van der Waals surface area contributed by atoms with E-state index in [4.69, 9.17) is 0 Å². The molecule has 0 unspecified atom stereocenters. The lowest BCUT2D eigenvalue weighted by atomic mass is 9.74. The van der Waals surface area contributed by atoms with E-state index in [1.807, 2.05) is 6.92 Å². The Morgan fingerprint density at radius 2 is 2.12 bits per heavy atom. The predicted octanol–water partition coefficient (Wildman–Crippen LogP) is 2.69. The van der Waals surface area contributed by atoms with Gasteiger partial charge in [-0.15, -0.1) is 0 Å². The molecule has 1 aromatic carbocycles. The molecule has 4 nitrogen and oxygen atoms in total. The summed E-state index contributed by atoms with van der Waals surface area (Å²) < 4.78 is 38.4. The summed E-state index contributed by atoms with van der Waals surface area (Å²) in [6.07, 6.45) is -3.68. The summed E-state index contributed by atoms with van der Waals surface area (Å²) in [6.45, 7) is 2.03. The van der Waals surface area contributed by atoms with Crippen molar-refractivity contribution in [2.24, 2.45) is 5.41 Å². The smallest absolute Gasteiger partial charge is 0.396 e. The van der Waals surface area contributed by atoms with Crippen molar-refractivity contribution in [3.8, 4) is 0 Å². The molecule has 1 amide bonds. The van der Waals surface area contributed by atoms with Crippen molar-refractivity contribution in [3.05, 3.63) is 35.4 Å². The second-order valence-corrected chi connectivity index (χ2v) is 6.38. The standard InChI is InChI=1S/C17H22F3NO3/c1-2-7-16(11-22)10-21(8-6-14(16)23)15(24)12-4-3-5-13(9-12)17(18,19)20/h3-5,9,14,22-23H,2,6-8,10-11H2,1H3/t14-,16+/m1/s1. The molecule has 0 radical (unpaired) electrons. The highest BCUT2D eigenvalue weighted by molar-refractivity contribution is 5.94. The molecule has 1 fully saturated rings. The van der Waals surface area contributed by atoms with E-state index in [0.29, 0.717) is 12.8 Å². The van der Waals surface area contributed by atoms with Crippen LogP contribution in [0.2, 0.25) is 0 Å². The first kappa shape index (κ1) is 18.7. The maximum atomic E-state index is 12.8. The number of amides is 1. The molecule has 1 aliphatic heterocycles. The molecule has 1 aliphatic rings. The minimum atomic E-state index is -4.51. The summed E-state index contributed by atoms with van der Waals surface area (Å²) in [5, 5.41) is 19.9. The maximum Gasteiger partial charge on any atom is 0.416 e. The van der Waals surface area contributed by atoms with Crippen molar-refractivity contribution in [2.45, 2.75) is 38.5 Å². The van der Waals surface area contributed by atoms with E-state index >= 15 is 0 Å². The van der Waals surface area contributed by atoms with E-state index in [2.05, 4.69) is 0 Å². The summed E-state index contributed by atoms with van der Waals surface area (Å²) in [5.74, 6) is -0.512. The molecule has 1 heterocycles. The van der Waals surface area contributed by atoms with Crippen LogP contribution in [0.1, 0.15) is 42.1 Å². The van der Waals surface area contributed by atoms with E-state index in [1.165, 1.54) is 17.0 Å². The molecule has 0 saturated carbocycles. The molecule has 0 bridgehead atoms. The normalized spacial score (nSPS) is 24.9. The zero-order valence-corrected chi connectivity index (χ0v) is 13.5. The quantitative estimate of drug-likeness (QED) is 0.882. The Morgan fingerprint density at radius 3 is 2.71 bits per heavy atom. The second-order valence-electron chi connectivity index (χ2n) is 6.38. The number of hydrogen-bond acceptors (Lipinski definition) is 3. The van der Waals surface area contributed by atoms with Gasteiger partial charge < -0.3 is 15.1 Å². The van der Waals surface area contributed by atoms with Gasteiger partial charge in [0.2, 0.25) is 0 Å². The Kier molecular flexibility index (Phi) is 5.55. The Hall–Kier alpha value is -1.60. The van der Waals surface area contributed by atoms with Crippen LogP contribution in [0.25, 0.3) is 0 Å². The van der Waals surface area contributed by atoms with Crippen LogP contribution in [0.3, 0.4) is 0 Å². The third-order valence-corrected chi connectivity index (χ3v) is 4.67. The number of benzene rings is 1. The molecule has 0 aliphatic carbocycles. The molecule has 0 aromatic heterocycles. The minimum Gasteiger partial charge on any atom is -0.396 e. The van der Waals surface area contributed by atoms with Crippen LogP contribution in [-0.4, -0.2) is 46.8 Å². The molecule has 0 spiro atoms. The SMILES string of the molecule is CCC[C@@]1(CO)CN(C(=O)c2cccc(C(F)(F)F)c2)CC[C@H]1O. The lowest BCUT2D eigenvalue weighted by Gasteiger charge is -2.45. The molecule has 24 heavy (non-hydrogen) atoms. The van der Waals surface area contributed by atoms with Gasteiger partial charge >= 0.3 is 6.18 Å². The summed E-state index contributed by atoms with van der Waals surface area (Å²) in [5.41, 5.74) is -1.72. The average Bonchev–Trinajstić information content (AvgIpc) is 2.56. The van der Waals surface area contributed by atoms with Gasteiger partial charge in [-0.2, -0.15) is 13.2 Å². The molecular formula is C17H22F3NO3. The summed E-state index contributed by atoms with van der Waals surface area (Å²) in [4.78, 5) is 14.0. The summed E-state index contributed by atoms with van der Waals surface area (Å²) in [7, 11) is 0. The van der Waals surface area contributed by atoms with Crippen LogP contribution in [0, 0.1) is 5.41 Å². The number of carbonyl (C=O) groups is 1. The van der Waals surface area contributed by atoms with Crippen LogP contribution in [0.5, 0.6) is 0 Å². The number of aliphatic hydroxyl groups is 2. The molecule has 2 N–H and O–H groups in total. The molecule has 2 atom stereocenters. The Labute approximate surface area is 138 Å². The Morgan fingerprint density at radius 1 is 1.42 bits per heavy atom. The molecule has 2 rings (SSSR count). The molecule has 1 saturated heterocycles. The summed E-state index contributed by atoms with van der Waals surface area (Å²) >= 11 is 0. The van der Waals surface area contributed by atoms with Gasteiger partial charge in [-0.05, 0) is 31.0 Å². The van der Waals surface area contributed by atoms with E-state index in [-0.39, 0.29) is 25.3 Å². The highest BCUT2D eigenvalue weighted by Gasteiger charge is 2.43. The summed E-state index contributed by atoms with van der Waals surface area (Å²) in [6, 6.07) is 4.32. The van der Waals surface area contributed by atoms with E-state index in [1.54, 1.807) is 0 Å². The maximum absolute atomic E-state index is 12.8. The van der Waals surface area contributed by atoms with Crippen molar-refractivity contribution in [3.63, 3.8) is 0 Å². The van der Waals surface area contributed by atoms with Crippen molar-refractivity contribution < 1.29 is 28.2 Å². The first-order valence-electron chi connectivity index (χ1n) is 7.99. The topological polar surface area (TPSA) is 60.8 Å². The van der Waals surface area contributed by atoms with Crippen LogP contribution < -0.4 is 0 Å². The number of nitrogens with zero attached hydrogens (tertiary/aromatic N) is 1. The van der Waals surface area contributed by atoms with E-state index < -0.39 is 29.2 Å². The number of aliphatic hydroxyl groups excluding tert-OH is 2. The fraction of sp³-hybridized carbons (Fsp3) is 0.588. The van der Waals surface area contributed by atoms with Gasteiger partial charge in [0.15, 0.2) is 0 Å². The van der Waals surface area contributed by atoms with Crippen LogP contribution in [-0.2, 0) is 6.18 Å². The van der Waals surface area contributed by atoms with Gasteiger partial charge in [-0.3, -0.25) is 4.79 Å². The second kappa shape index (κ2) is 7.11. The first-order valence-corrected chi connectivity index (χ1v) is 7.99. The van der Waals surface area contributed by atoms with E-state index in [0.717, 1.165) is 18.6 Å². The van der Waals surface area contributed by atoms with Crippen molar-refractivity contribution >= 4 is 5.91 Å². The van der Waals surface area contributed by atoms with Crippen LogP contribution >= 0.6 is 0 Å². The zero-order valence-electron chi connectivity index (χ0n) is 13.5. The van der Waals surface area contributed by atoms with Gasteiger partial charge in [0.1, 0.15) is 0 Å². The third kappa shape index (κ3) is 3.72. The number of likely N-dealkylation sites (tertiary alicyclic amines) is 1. The monoisotopic (exact) mass is 345 g/mol. The fourth-order valence-electron chi connectivity index (χ4n) is 3.31. The largest absolute Gasteiger partial charge is 0.416 e. The number of carbonyl (C=O) groups excluding carboxylic acids is 1. The molecular weight excluding hydrogens is 323 g/mol. The zero-order chi connectivity index (χ0) is 18.0. The molecule has 134 valence electrons. The average molecular weight is 345 g/mol. The van der Waals surface area contributed by atoms with Crippen molar-refractivity contribution in [1.29, 1.82) is 0 Å². The van der Waals surface area contributed by atoms with Gasteiger partial charge in [-0.25, -0.2) is 0 Å². The highest BCUT2D eigenvalue weighted by atomic mass is 19.4. The minimum absolute atomic E-state index is 0.0375. The lowest BCUT2D eigenvalue weighted by Crippen LogP contribution is -2.55. The van der Waals surface area contributed by atoms with Crippen LogP contribution in [0.4, 0.5) is 13.2 Å². The molecule has 7 heteroatoms. The number of alkyl halides is 3. The van der Waals surface area contributed by atoms with Gasteiger partial charge in [-0.1, -0.05) is 19.4 Å². The first-order chi connectivity index (χ1) is 11.2. The Balaban J connectivity index is 2.24. The number of halogens is 3. The predicted molar refractivity (Wildman–Crippen MR) is 82.4 cm³/mol. The van der Waals surface area contributed by atoms with Crippen molar-refractivity contribution in [2.75, 3.05) is 19.7 Å². The van der Waals surface area contributed by atoms with Gasteiger partial charge in [0, 0.05) is 24.1 Å². The fourth-order valence-corrected chi connectivity index (χ4v) is 3.31.